The van der Waals surface area contributed by atoms with Crippen LogP contribution in [0, 0.1) is 17.8 Å². The number of sulfonamides is 1. The van der Waals surface area contributed by atoms with Crippen LogP contribution in [0.15, 0.2) is 53.4 Å². The summed E-state index contributed by atoms with van der Waals surface area (Å²) in [5.41, 5.74) is 0.952. The number of nitrogens with zero attached hydrogens (tertiary/aromatic N) is 2. The van der Waals surface area contributed by atoms with Gasteiger partial charge in [-0.05, 0) is 92.7 Å². The van der Waals surface area contributed by atoms with E-state index in [0.29, 0.717) is 29.4 Å². The normalized spacial score (nSPS) is 20.9. The Morgan fingerprint density at radius 1 is 0.737 bits per heavy atom. The average Bonchev–Trinajstić information content (AvgIpc) is 2.95. The minimum absolute atomic E-state index is 0.253. The van der Waals surface area contributed by atoms with Crippen LogP contribution in [0.1, 0.15) is 57.8 Å². The topological polar surface area (TPSA) is 96.0 Å². The molecule has 0 atom stereocenters. The van der Waals surface area contributed by atoms with Crippen LogP contribution in [0.3, 0.4) is 0 Å². The Bertz CT molecular complexity index is 1300. The van der Waals surface area contributed by atoms with Crippen molar-refractivity contribution in [2.45, 2.75) is 62.7 Å². The predicted octanol–water partition coefficient (Wildman–Crippen LogP) is 6.47. The molecule has 2 aliphatic rings. The van der Waals surface area contributed by atoms with Crippen LogP contribution in [-0.4, -0.2) is 38.0 Å². The molecule has 1 aromatic heterocycles. The Morgan fingerprint density at radius 3 is 2.11 bits per heavy atom. The molecule has 38 heavy (non-hydrogen) atoms. The molecule has 204 valence electrons. The maximum Gasteiger partial charge on any atom is 0.240 e. The zero-order valence-electron chi connectivity index (χ0n) is 21.8. The fraction of sp³-hybridized carbons (Fsp3) is 0.517. The molecule has 2 fully saturated rings. The van der Waals surface area contributed by atoms with Gasteiger partial charge < -0.3 is 10.6 Å². The molecule has 0 saturated heterocycles. The van der Waals surface area contributed by atoms with E-state index in [1.807, 2.05) is 18.2 Å². The number of halogens is 1. The van der Waals surface area contributed by atoms with Gasteiger partial charge in [0, 0.05) is 30.0 Å². The summed E-state index contributed by atoms with van der Waals surface area (Å²) >= 11 is 5.88. The van der Waals surface area contributed by atoms with Gasteiger partial charge in [0.15, 0.2) is 0 Å². The molecule has 3 aromatic rings. The average molecular weight is 556 g/mol. The second kappa shape index (κ2) is 12.6. The molecule has 0 aliphatic heterocycles. The fourth-order valence-corrected chi connectivity index (χ4v) is 6.96. The largest absolute Gasteiger partial charge is 0.369 e. The zero-order chi connectivity index (χ0) is 26.4. The molecule has 7 nitrogen and oxygen atoms in total. The van der Waals surface area contributed by atoms with Crippen molar-refractivity contribution >= 4 is 44.3 Å². The highest BCUT2D eigenvalue weighted by Crippen LogP contribution is 2.30. The van der Waals surface area contributed by atoms with Crippen molar-refractivity contribution < 1.29 is 8.42 Å². The van der Waals surface area contributed by atoms with Gasteiger partial charge in [0.05, 0.1) is 10.4 Å². The highest BCUT2D eigenvalue weighted by atomic mass is 35.5. The number of nitrogens with one attached hydrogen (secondary N) is 3. The van der Waals surface area contributed by atoms with Crippen molar-refractivity contribution in [1.29, 1.82) is 0 Å². The van der Waals surface area contributed by atoms with Crippen LogP contribution < -0.4 is 15.4 Å². The van der Waals surface area contributed by atoms with Gasteiger partial charge >= 0.3 is 0 Å². The quantitative estimate of drug-likeness (QED) is 0.265. The second-order valence-electron chi connectivity index (χ2n) is 10.9. The lowest BCUT2D eigenvalue weighted by Gasteiger charge is -2.28. The summed E-state index contributed by atoms with van der Waals surface area (Å²) < 4.78 is 27.9. The summed E-state index contributed by atoms with van der Waals surface area (Å²) in [6.07, 6.45) is 10.7. The number of aromatic nitrogens is 2. The second-order valence-corrected chi connectivity index (χ2v) is 13.1. The number of para-hydroxylation sites is 1. The zero-order valence-corrected chi connectivity index (χ0v) is 23.4. The molecule has 2 saturated carbocycles. The van der Waals surface area contributed by atoms with Gasteiger partial charge in [-0.1, -0.05) is 43.0 Å². The number of anilines is 2. The van der Waals surface area contributed by atoms with E-state index in [0.717, 1.165) is 61.4 Å². The lowest BCUT2D eigenvalue weighted by Crippen LogP contribution is -2.32. The lowest BCUT2D eigenvalue weighted by molar-refractivity contribution is 0.284. The first-order valence-electron chi connectivity index (χ1n) is 14.0. The molecule has 2 aromatic carbocycles. The van der Waals surface area contributed by atoms with Crippen molar-refractivity contribution in [3.05, 3.63) is 53.6 Å². The molecule has 0 bridgehead atoms. The fourth-order valence-electron chi connectivity index (χ4n) is 5.72. The molecule has 0 unspecified atom stereocenters. The summed E-state index contributed by atoms with van der Waals surface area (Å²) in [4.78, 5) is 9.88. The Hall–Kier alpha value is -2.42. The van der Waals surface area contributed by atoms with Gasteiger partial charge in [-0.3, -0.25) is 0 Å². The van der Waals surface area contributed by atoms with Gasteiger partial charge in [0.25, 0.3) is 0 Å². The highest BCUT2D eigenvalue weighted by molar-refractivity contribution is 7.89. The lowest BCUT2D eigenvalue weighted by atomic mass is 9.82. The van der Waals surface area contributed by atoms with Crippen molar-refractivity contribution in [2.75, 3.05) is 30.3 Å². The maximum absolute atomic E-state index is 12.6. The number of hydrogen-bond acceptors (Lipinski definition) is 6. The molecule has 0 spiro atoms. The summed E-state index contributed by atoms with van der Waals surface area (Å²) in [7, 11) is -3.51. The van der Waals surface area contributed by atoms with E-state index in [9.17, 15) is 8.42 Å². The summed E-state index contributed by atoms with van der Waals surface area (Å²) in [5, 5.41) is 8.72. The summed E-state index contributed by atoms with van der Waals surface area (Å²) in [5.74, 6) is 3.18. The number of hydrogen-bond donors (Lipinski definition) is 3. The third-order valence-corrected chi connectivity index (χ3v) is 9.78. The van der Waals surface area contributed by atoms with Gasteiger partial charge in [-0.2, -0.15) is 4.98 Å². The molecular weight excluding hydrogens is 518 g/mol. The molecular formula is C29H38ClN5O2S. The van der Waals surface area contributed by atoms with E-state index in [1.165, 1.54) is 32.1 Å². The first-order chi connectivity index (χ1) is 18.5. The Labute approximate surface area is 231 Å². The van der Waals surface area contributed by atoms with E-state index < -0.39 is 10.0 Å². The number of fused-ring (bicyclic) bond motifs is 1. The third kappa shape index (κ3) is 7.16. The van der Waals surface area contributed by atoms with E-state index in [2.05, 4.69) is 21.4 Å². The molecule has 3 N–H and O–H groups in total. The van der Waals surface area contributed by atoms with E-state index in [-0.39, 0.29) is 4.90 Å². The van der Waals surface area contributed by atoms with Gasteiger partial charge in [0.1, 0.15) is 5.82 Å². The smallest absolute Gasteiger partial charge is 0.240 e. The van der Waals surface area contributed by atoms with Crippen LogP contribution in [-0.2, 0) is 10.0 Å². The summed E-state index contributed by atoms with van der Waals surface area (Å²) in [6.45, 7) is 2.25. The van der Waals surface area contributed by atoms with E-state index in [4.69, 9.17) is 21.6 Å². The Balaban J connectivity index is 1.12. The SMILES string of the molecule is O=S(=O)(NCC1CCC(CNc2nc(NCC3CCCCC3)c3ccccc3n2)CC1)c1ccc(Cl)cc1. The van der Waals surface area contributed by atoms with Crippen LogP contribution >= 0.6 is 11.6 Å². The standard InChI is InChI=1S/C29H38ClN5O2S/c30-24-14-16-25(17-15-24)38(36,37)33-20-23-12-10-22(11-13-23)19-32-29-34-27-9-5-4-8-26(27)28(35-29)31-18-21-6-2-1-3-7-21/h4-5,8-9,14-17,21-23,33H,1-3,6-7,10-13,18-20H2,(H2,31,32,34,35). The van der Waals surface area contributed by atoms with Crippen LogP contribution in [0.2, 0.25) is 5.02 Å². The molecule has 5 rings (SSSR count). The number of benzene rings is 2. The van der Waals surface area contributed by atoms with Crippen molar-refractivity contribution in [3.8, 4) is 0 Å². The minimum Gasteiger partial charge on any atom is -0.369 e. The van der Waals surface area contributed by atoms with Crippen molar-refractivity contribution in [2.24, 2.45) is 17.8 Å². The molecule has 9 heteroatoms. The first-order valence-corrected chi connectivity index (χ1v) is 15.8. The third-order valence-electron chi connectivity index (χ3n) is 8.09. The molecule has 1 heterocycles. The van der Waals surface area contributed by atoms with Crippen LogP contribution in [0.5, 0.6) is 0 Å². The summed E-state index contributed by atoms with van der Waals surface area (Å²) in [6, 6.07) is 14.5. The highest BCUT2D eigenvalue weighted by Gasteiger charge is 2.24. The van der Waals surface area contributed by atoms with Crippen molar-refractivity contribution in [3.63, 3.8) is 0 Å². The molecule has 0 radical (unpaired) electrons. The maximum atomic E-state index is 12.6. The van der Waals surface area contributed by atoms with Crippen LogP contribution in [0.25, 0.3) is 10.9 Å². The van der Waals surface area contributed by atoms with Crippen molar-refractivity contribution in [1.82, 2.24) is 14.7 Å². The van der Waals surface area contributed by atoms with Gasteiger partial charge in [0.2, 0.25) is 16.0 Å². The molecule has 2 aliphatic carbocycles. The van der Waals surface area contributed by atoms with Gasteiger partial charge in [-0.15, -0.1) is 0 Å². The Kier molecular flexibility index (Phi) is 9.02. The van der Waals surface area contributed by atoms with E-state index >= 15 is 0 Å². The number of rotatable bonds is 10. The van der Waals surface area contributed by atoms with E-state index in [1.54, 1.807) is 24.3 Å². The Morgan fingerprint density at radius 2 is 1.37 bits per heavy atom. The predicted molar refractivity (Wildman–Crippen MR) is 155 cm³/mol. The monoisotopic (exact) mass is 555 g/mol. The first kappa shape index (κ1) is 27.2. The van der Waals surface area contributed by atoms with Crippen LogP contribution in [0.4, 0.5) is 11.8 Å². The minimum atomic E-state index is -3.51. The molecule has 0 amide bonds. The van der Waals surface area contributed by atoms with Gasteiger partial charge in [-0.25, -0.2) is 18.1 Å².